The first-order valence-electron chi connectivity index (χ1n) is 8.29. The minimum atomic E-state index is -1.02. The molecule has 1 unspecified atom stereocenters. The van der Waals surface area contributed by atoms with Gasteiger partial charge in [-0.25, -0.2) is 0 Å². The van der Waals surface area contributed by atoms with Gasteiger partial charge in [-0.05, 0) is 30.6 Å². The molecule has 3 amide bonds. The molecular weight excluding hydrogens is 298 g/mol. The molecule has 3 fully saturated rings. The van der Waals surface area contributed by atoms with Crippen LogP contribution in [0.15, 0.2) is 0 Å². The summed E-state index contributed by atoms with van der Waals surface area (Å²) in [7, 11) is 0. The molecule has 1 heterocycles. The van der Waals surface area contributed by atoms with E-state index in [1.807, 2.05) is 0 Å². The zero-order valence-corrected chi connectivity index (χ0v) is 13.3. The molecule has 126 valence electrons. The Balaban J connectivity index is 1.68. The molecule has 0 aromatic heterocycles. The predicted molar refractivity (Wildman–Crippen MR) is 80.9 cm³/mol. The Hall–Kier alpha value is -1.92. The fourth-order valence-corrected chi connectivity index (χ4v) is 3.85. The second-order valence-electron chi connectivity index (χ2n) is 7.10. The molecule has 3 aliphatic rings. The van der Waals surface area contributed by atoms with Gasteiger partial charge in [-0.3, -0.25) is 19.2 Å². The minimum Gasteiger partial charge on any atom is -0.363 e. The van der Waals surface area contributed by atoms with Crippen LogP contribution in [-0.4, -0.2) is 47.0 Å². The molecule has 4 atom stereocenters. The molecule has 2 aliphatic carbocycles. The first-order valence-corrected chi connectivity index (χ1v) is 8.29. The third kappa shape index (κ3) is 3.09. The molecule has 23 heavy (non-hydrogen) atoms. The van der Waals surface area contributed by atoms with E-state index in [0.29, 0.717) is 24.8 Å². The summed E-state index contributed by atoms with van der Waals surface area (Å²) in [6, 6.07) is -1.38. The number of fused-ring (bicyclic) bond motifs is 1. The number of hydrogen-bond acceptors (Lipinski definition) is 4. The van der Waals surface area contributed by atoms with Gasteiger partial charge < -0.3 is 16.0 Å². The highest BCUT2D eigenvalue weighted by Crippen LogP contribution is 2.49. The van der Waals surface area contributed by atoms with E-state index in [2.05, 4.69) is 5.32 Å². The first kappa shape index (κ1) is 16.0. The van der Waals surface area contributed by atoms with E-state index in [9.17, 15) is 19.2 Å². The van der Waals surface area contributed by atoms with Gasteiger partial charge in [-0.15, -0.1) is 0 Å². The van der Waals surface area contributed by atoms with Crippen molar-refractivity contribution in [2.45, 2.75) is 51.1 Å². The van der Waals surface area contributed by atoms with E-state index >= 15 is 0 Å². The molecule has 0 aromatic rings. The maximum atomic E-state index is 12.6. The summed E-state index contributed by atoms with van der Waals surface area (Å²) in [6.45, 7) is 2.06. The molecule has 1 saturated heterocycles. The first-order chi connectivity index (χ1) is 10.9. The molecule has 1 aliphatic heterocycles. The van der Waals surface area contributed by atoms with E-state index in [-0.39, 0.29) is 17.7 Å². The number of primary amides is 1. The van der Waals surface area contributed by atoms with E-state index in [4.69, 9.17) is 5.73 Å². The van der Waals surface area contributed by atoms with Crippen molar-refractivity contribution in [2.24, 2.45) is 23.5 Å². The highest BCUT2D eigenvalue weighted by molar-refractivity contribution is 6.37. The third-order valence-corrected chi connectivity index (χ3v) is 5.49. The molecule has 0 spiro atoms. The summed E-state index contributed by atoms with van der Waals surface area (Å²) in [4.78, 5) is 49.1. The van der Waals surface area contributed by atoms with E-state index in [1.165, 1.54) is 6.92 Å². The molecule has 0 bridgehead atoms. The van der Waals surface area contributed by atoms with Gasteiger partial charge >= 0.3 is 0 Å². The molecule has 0 aromatic carbocycles. The summed E-state index contributed by atoms with van der Waals surface area (Å²) in [5.41, 5.74) is 5.11. The lowest BCUT2D eigenvalue weighted by atomic mass is 9.80. The number of rotatable bonds is 6. The van der Waals surface area contributed by atoms with Crippen LogP contribution in [0.2, 0.25) is 0 Å². The number of carbonyl (C=O) groups is 4. The lowest BCUT2D eigenvalue weighted by molar-refractivity contribution is -0.141. The molecule has 3 N–H and O–H groups in total. The summed E-state index contributed by atoms with van der Waals surface area (Å²) >= 11 is 0. The van der Waals surface area contributed by atoms with Gasteiger partial charge in [-0.1, -0.05) is 19.3 Å². The number of ketones is 1. The summed E-state index contributed by atoms with van der Waals surface area (Å²) < 4.78 is 0. The Kier molecular flexibility index (Phi) is 4.12. The highest BCUT2D eigenvalue weighted by Gasteiger charge is 2.56. The van der Waals surface area contributed by atoms with Crippen LogP contribution in [-0.2, 0) is 19.2 Å². The Bertz CT molecular complexity index is 558. The molecule has 0 radical (unpaired) electrons. The van der Waals surface area contributed by atoms with Crippen molar-refractivity contribution in [3.63, 3.8) is 0 Å². The number of Topliss-reactive ketones (excluding diaryl/α,β-unsaturated/α-hetero) is 1. The fourth-order valence-electron chi connectivity index (χ4n) is 3.85. The number of amides is 3. The zero-order valence-electron chi connectivity index (χ0n) is 13.3. The van der Waals surface area contributed by atoms with Gasteiger partial charge in [0.2, 0.25) is 17.6 Å². The SMILES string of the molecule is CC(=O)N1C[C@@H]2C[C@@H]2[C@H]1C(=O)NC(CC1CCC1)C(=O)C(N)=O. The number of nitrogens with one attached hydrogen (secondary N) is 1. The highest BCUT2D eigenvalue weighted by atomic mass is 16.2. The lowest BCUT2D eigenvalue weighted by Gasteiger charge is -2.31. The average Bonchev–Trinajstić information content (AvgIpc) is 3.10. The van der Waals surface area contributed by atoms with Crippen LogP contribution in [0.4, 0.5) is 0 Å². The number of carbonyl (C=O) groups excluding carboxylic acids is 4. The number of hydrogen-bond donors (Lipinski definition) is 2. The van der Waals surface area contributed by atoms with Gasteiger partial charge in [-0.2, -0.15) is 0 Å². The fraction of sp³-hybridized carbons (Fsp3) is 0.750. The van der Waals surface area contributed by atoms with Crippen LogP contribution in [0, 0.1) is 17.8 Å². The number of likely N-dealkylation sites (tertiary alicyclic amines) is 1. The van der Waals surface area contributed by atoms with Crippen LogP contribution in [0.5, 0.6) is 0 Å². The van der Waals surface area contributed by atoms with Crippen molar-refractivity contribution < 1.29 is 19.2 Å². The maximum Gasteiger partial charge on any atom is 0.287 e. The van der Waals surface area contributed by atoms with Gasteiger partial charge in [0.15, 0.2) is 0 Å². The van der Waals surface area contributed by atoms with Crippen molar-refractivity contribution in [3.8, 4) is 0 Å². The summed E-state index contributed by atoms with van der Waals surface area (Å²) in [5.74, 6) is -1.29. The van der Waals surface area contributed by atoms with Crippen LogP contribution >= 0.6 is 0 Å². The van der Waals surface area contributed by atoms with Gasteiger partial charge in [0.1, 0.15) is 6.04 Å². The maximum absolute atomic E-state index is 12.6. The Morgan fingerprint density at radius 3 is 2.48 bits per heavy atom. The summed E-state index contributed by atoms with van der Waals surface area (Å²) in [6.07, 6.45) is 4.52. The minimum absolute atomic E-state index is 0.130. The smallest absolute Gasteiger partial charge is 0.287 e. The molecule has 7 nitrogen and oxygen atoms in total. The van der Waals surface area contributed by atoms with E-state index in [1.54, 1.807) is 4.90 Å². The quantitative estimate of drug-likeness (QED) is 0.648. The Morgan fingerprint density at radius 1 is 1.26 bits per heavy atom. The predicted octanol–water partition coefficient (Wildman–Crippen LogP) is -0.417. The Labute approximate surface area is 134 Å². The van der Waals surface area contributed by atoms with Crippen molar-refractivity contribution in [3.05, 3.63) is 0 Å². The van der Waals surface area contributed by atoms with Crippen LogP contribution < -0.4 is 11.1 Å². The number of nitrogens with zero attached hydrogens (tertiary/aromatic N) is 1. The van der Waals surface area contributed by atoms with Gasteiger partial charge in [0.25, 0.3) is 5.91 Å². The Morgan fingerprint density at radius 2 is 1.96 bits per heavy atom. The van der Waals surface area contributed by atoms with E-state index in [0.717, 1.165) is 25.7 Å². The lowest BCUT2D eigenvalue weighted by Crippen LogP contribution is -2.54. The second kappa shape index (κ2) is 5.94. The number of piperidine rings is 1. The van der Waals surface area contributed by atoms with Gasteiger partial charge in [0, 0.05) is 13.5 Å². The van der Waals surface area contributed by atoms with E-state index < -0.39 is 23.8 Å². The van der Waals surface area contributed by atoms with Crippen LogP contribution in [0.3, 0.4) is 0 Å². The van der Waals surface area contributed by atoms with Crippen molar-refractivity contribution >= 4 is 23.5 Å². The van der Waals surface area contributed by atoms with Crippen LogP contribution in [0.25, 0.3) is 0 Å². The molecule has 2 saturated carbocycles. The van der Waals surface area contributed by atoms with Gasteiger partial charge in [0.05, 0.1) is 6.04 Å². The van der Waals surface area contributed by atoms with Crippen LogP contribution in [0.1, 0.15) is 39.0 Å². The third-order valence-electron chi connectivity index (χ3n) is 5.49. The van der Waals surface area contributed by atoms with Crippen molar-refractivity contribution in [1.29, 1.82) is 0 Å². The molecular formula is C16H23N3O4. The monoisotopic (exact) mass is 321 g/mol. The zero-order chi connectivity index (χ0) is 16.7. The van der Waals surface area contributed by atoms with Crippen molar-refractivity contribution in [1.82, 2.24) is 10.2 Å². The standard InChI is InChI=1S/C16H23N3O4/c1-8(20)19-7-10-6-11(10)13(19)16(23)18-12(14(21)15(17)22)5-9-3-2-4-9/h9-13H,2-7H2,1H3,(H2,17,22)(H,18,23)/t10-,11-,12?,13-/m0/s1. The average molecular weight is 321 g/mol. The molecule has 3 rings (SSSR count). The summed E-state index contributed by atoms with van der Waals surface area (Å²) in [5, 5.41) is 2.70. The topological polar surface area (TPSA) is 110 Å². The normalized spacial score (nSPS) is 30.1. The van der Waals surface area contributed by atoms with Crippen molar-refractivity contribution in [2.75, 3.05) is 6.54 Å². The molecule has 7 heteroatoms. The largest absolute Gasteiger partial charge is 0.363 e. The second-order valence-corrected chi connectivity index (χ2v) is 7.10. The number of nitrogens with two attached hydrogens (primary N) is 1.